The SMILES string of the molecule is Cc1nc(N2CCC(C(=O)NC[C@H]3C[C@@H]4C=C[C@@H]3C43CC3)CC2)nc2ccccc12. The number of para-hydroxylation sites is 1. The van der Waals surface area contributed by atoms with Crippen molar-refractivity contribution in [2.45, 2.75) is 39.0 Å². The highest BCUT2D eigenvalue weighted by molar-refractivity contribution is 5.82. The Labute approximate surface area is 178 Å². The first-order chi connectivity index (χ1) is 14.6. The number of rotatable bonds is 4. The third-order valence-corrected chi connectivity index (χ3v) is 8.31. The number of nitrogens with one attached hydrogen (secondary N) is 1. The molecule has 2 bridgehead atoms. The van der Waals surface area contributed by atoms with Gasteiger partial charge in [-0.25, -0.2) is 9.97 Å². The molecule has 1 aromatic heterocycles. The van der Waals surface area contributed by atoms with Crippen molar-refractivity contribution in [1.29, 1.82) is 0 Å². The number of aryl methyl sites for hydroxylation is 1. The zero-order valence-electron chi connectivity index (χ0n) is 17.7. The molecule has 1 amide bonds. The molecule has 1 aliphatic heterocycles. The van der Waals surface area contributed by atoms with Crippen molar-refractivity contribution in [3.05, 3.63) is 42.1 Å². The van der Waals surface area contributed by atoms with Crippen LogP contribution in [0.4, 0.5) is 5.95 Å². The number of carbonyl (C=O) groups is 1. The maximum Gasteiger partial charge on any atom is 0.226 e. The number of piperidine rings is 1. The van der Waals surface area contributed by atoms with Crippen molar-refractivity contribution in [1.82, 2.24) is 15.3 Å². The van der Waals surface area contributed by atoms with E-state index in [9.17, 15) is 4.79 Å². The molecular weight excluding hydrogens is 372 g/mol. The minimum absolute atomic E-state index is 0.117. The molecule has 2 aromatic rings. The largest absolute Gasteiger partial charge is 0.356 e. The molecule has 6 rings (SSSR count). The summed E-state index contributed by atoms with van der Waals surface area (Å²) in [5.41, 5.74) is 2.62. The first-order valence-electron chi connectivity index (χ1n) is 11.6. The highest BCUT2D eigenvalue weighted by Crippen LogP contribution is 2.69. The standard InChI is InChI=1S/C25H30N4O/c1-16-20-4-2-3-5-22(20)28-24(27-16)29-12-8-17(9-13-29)23(30)26-15-18-14-19-6-7-21(18)25(19)10-11-25/h2-7,17-19,21H,8-15H2,1H3,(H,26,30)/t18-,19+,21+/m1/s1. The average Bonchev–Trinajstić information content (AvgIpc) is 3.45. The van der Waals surface area contributed by atoms with Crippen molar-refractivity contribution in [2.75, 3.05) is 24.5 Å². The predicted octanol–water partition coefficient (Wildman–Crippen LogP) is 3.87. The van der Waals surface area contributed by atoms with Gasteiger partial charge in [0.15, 0.2) is 0 Å². The monoisotopic (exact) mass is 402 g/mol. The number of nitrogens with zero attached hydrogens (tertiary/aromatic N) is 3. The van der Waals surface area contributed by atoms with Crippen molar-refractivity contribution in [3.8, 4) is 0 Å². The molecule has 3 atom stereocenters. The van der Waals surface area contributed by atoms with Gasteiger partial charge in [0.05, 0.1) is 11.2 Å². The van der Waals surface area contributed by atoms with Crippen LogP contribution in [-0.2, 0) is 4.79 Å². The quantitative estimate of drug-likeness (QED) is 0.789. The van der Waals surface area contributed by atoms with E-state index in [2.05, 4.69) is 28.4 Å². The van der Waals surface area contributed by atoms with Crippen LogP contribution in [0, 0.1) is 36.0 Å². The van der Waals surface area contributed by atoms with Crippen LogP contribution in [0.15, 0.2) is 36.4 Å². The van der Waals surface area contributed by atoms with E-state index in [1.807, 2.05) is 25.1 Å². The van der Waals surface area contributed by atoms with Gasteiger partial charge >= 0.3 is 0 Å². The van der Waals surface area contributed by atoms with Crippen LogP contribution in [-0.4, -0.2) is 35.5 Å². The number of fused-ring (bicyclic) bond motifs is 1. The summed E-state index contributed by atoms with van der Waals surface area (Å²) >= 11 is 0. The van der Waals surface area contributed by atoms with Gasteiger partial charge in [0.1, 0.15) is 0 Å². The Morgan fingerprint density at radius 2 is 1.97 bits per heavy atom. The number of anilines is 1. The lowest BCUT2D eigenvalue weighted by Gasteiger charge is -2.32. The third-order valence-electron chi connectivity index (χ3n) is 8.31. The topological polar surface area (TPSA) is 58.1 Å². The summed E-state index contributed by atoms with van der Waals surface area (Å²) < 4.78 is 0. The predicted molar refractivity (Wildman–Crippen MR) is 118 cm³/mol. The minimum atomic E-state index is 0.117. The van der Waals surface area contributed by atoms with E-state index in [1.54, 1.807) is 0 Å². The van der Waals surface area contributed by atoms with Crippen LogP contribution in [0.2, 0.25) is 0 Å². The normalized spacial score (nSPS) is 29.1. The number of hydrogen-bond acceptors (Lipinski definition) is 4. The molecule has 0 radical (unpaired) electrons. The lowest BCUT2D eigenvalue weighted by Crippen LogP contribution is -2.42. The first kappa shape index (κ1) is 18.3. The van der Waals surface area contributed by atoms with E-state index in [1.165, 1.54) is 19.3 Å². The van der Waals surface area contributed by atoms with Crippen LogP contribution in [0.3, 0.4) is 0 Å². The molecule has 3 aliphatic carbocycles. The maximum absolute atomic E-state index is 12.8. The van der Waals surface area contributed by atoms with Crippen molar-refractivity contribution in [3.63, 3.8) is 0 Å². The molecule has 2 saturated carbocycles. The first-order valence-corrected chi connectivity index (χ1v) is 11.6. The maximum atomic E-state index is 12.8. The number of hydrogen-bond donors (Lipinski definition) is 1. The Morgan fingerprint density at radius 1 is 1.17 bits per heavy atom. The van der Waals surface area contributed by atoms with E-state index in [4.69, 9.17) is 9.97 Å². The van der Waals surface area contributed by atoms with Gasteiger partial charge in [0, 0.05) is 30.9 Å². The second kappa shape index (κ2) is 6.79. The Balaban J connectivity index is 1.05. The zero-order valence-corrected chi connectivity index (χ0v) is 17.7. The van der Waals surface area contributed by atoms with E-state index >= 15 is 0 Å². The molecular formula is C25H30N4O. The molecule has 30 heavy (non-hydrogen) atoms. The highest BCUT2D eigenvalue weighted by Gasteiger charge is 2.62. The summed E-state index contributed by atoms with van der Waals surface area (Å²) in [6.45, 7) is 4.59. The van der Waals surface area contributed by atoms with Crippen LogP contribution >= 0.6 is 0 Å². The van der Waals surface area contributed by atoms with Gasteiger partial charge in [-0.1, -0.05) is 30.4 Å². The lowest BCUT2D eigenvalue weighted by atomic mass is 9.88. The fraction of sp³-hybridized carbons (Fsp3) is 0.560. The Bertz CT molecular complexity index is 1020. The third kappa shape index (κ3) is 2.85. The number of amides is 1. The smallest absolute Gasteiger partial charge is 0.226 e. The molecule has 1 saturated heterocycles. The Hall–Kier alpha value is -2.43. The minimum Gasteiger partial charge on any atom is -0.356 e. The molecule has 0 unspecified atom stereocenters. The van der Waals surface area contributed by atoms with E-state index in [0.717, 1.165) is 66.9 Å². The van der Waals surface area contributed by atoms with Crippen LogP contribution in [0.25, 0.3) is 10.9 Å². The molecule has 1 aromatic carbocycles. The number of aromatic nitrogens is 2. The molecule has 5 nitrogen and oxygen atoms in total. The van der Waals surface area contributed by atoms with Gasteiger partial charge < -0.3 is 10.2 Å². The fourth-order valence-corrected chi connectivity index (χ4v) is 6.43. The summed E-state index contributed by atoms with van der Waals surface area (Å²) in [4.78, 5) is 24.6. The Morgan fingerprint density at radius 3 is 2.73 bits per heavy atom. The molecule has 156 valence electrons. The van der Waals surface area contributed by atoms with Gasteiger partial charge in [-0.3, -0.25) is 4.79 Å². The summed E-state index contributed by atoms with van der Waals surface area (Å²) in [5, 5.41) is 4.42. The van der Waals surface area contributed by atoms with Crippen LogP contribution < -0.4 is 10.2 Å². The summed E-state index contributed by atoms with van der Waals surface area (Å²) in [6.07, 6.45) is 10.7. The van der Waals surface area contributed by atoms with E-state index in [0.29, 0.717) is 11.3 Å². The van der Waals surface area contributed by atoms with Crippen molar-refractivity contribution >= 4 is 22.8 Å². The molecule has 2 heterocycles. The van der Waals surface area contributed by atoms with Gasteiger partial charge in [-0.15, -0.1) is 0 Å². The average molecular weight is 403 g/mol. The zero-order chi connectivity index (χ0) is 20.3. The van der Waals surface area contributed by atoms with Gasteiger partial charge in [0.2, 0.25) is 11.9 Å². The fourth-order valence-electron chi connectivity index (χ4n) is 6.43. The molecule has 4 aliphatic rings. The molecule has 1 N–H and O–H groups in total. The summed E-state index contributed by atoms with van der Waals surface area (Å²) in [6, 6.07) is 8.17. The number of allylic oxidation sites excluding steroid dienone is 2. The van der Waals surface area contributed by atoms with E-state index in [-0.39, 0.29) is 11.8 Å². The second-order valence-electron chi connectivity index (χ2n) is 9.88. The van der Waals surface area contributed by atoms with Crippen molar-refractivity contribution < 1.29 is 4.79 Å². The van der Waals surface area contributed by atoms with Crippen LogP contribution in [0.1, 0.15) is 37.8 Å². The molecule has 3 fully saturated rings. The van der Waals surface area contributed by atoms with E-state index < -0.39 is 0 Å². The van der Waals surface area contributed by atoms with Gasteiger partial charge in [-0.2, -0.15) is 0 Å². The van der Waals surface area contributed by atoms with Crippen molar-refractivity contribution in [2.24, 2.45) is 29.1 Å². The van der Waals surface area contributed by atoms with Gasteiger partial charge in [0.25, 0.3) is 0 Å². The lowest BCUT2D eigenvalue weighted by molar-refractivity contribution is -0.125. The number of carbonyl (C=O) groups excluding carboxylic acids is 1. The molecule has 5 heteroatoms. The highest BCUT2D eigenvalue weighted by atomic mass is 16.1. The molecule has 1 spiro atoms. The van der Waals surface area contributed by atoms with Gasteiger partial charge in [-0.05, 0) is 68.3 Å². The summed E-state index contributed by atoms with van der Waals surface area (Å²) in [7, 11) is 0. The van der Waals surface area contributed by atoms with Crippen LogP contribution in [0.5, 0.6) is 0 Å². The second-order valence-corrected chi connectivity index (χ2v) is 9.88. The number of benzene rings is 1. The summed E-state index contributed by atoms with van der Waals surface area (Å²) in [5.74, 6) is 3.33. The Kier molecular flexibility index (Phi) is 4.15.